The van der Waals surface area contributed by atoms with E-state index in [4.69, 9.17) is 0 Å². The molecule has 6 nitrogen and oxygen atoms in total. The van der Waals surface area contributed by atoms with Crippen molar-refractivity contribution in [1.82, 2.24) is 4.90 Å². The number of aryl methyl sites for hydroxylation is 2. The van der Waals surface area contributed by atoms with Gasteiger partial charge < -0.3 is 14.9 Å². The first kappa shape index (κ1) is 21.7. The molecule has 0 bridgehead atoms. The summed E-state index contributed by atoms with van der Waals surface area (Å²) in [5, 5.41) is 2.84. The van der Waals surface area contributed by atoms with Crippen LogP contribution in [0.15, 0.2) is 6.07 Å². The molecule has 4 rings (SSSR count). The van der Waals surface area contributed by atoms with Gasteiger partial charge in [-0.3, -0.25) is 4.79 Å². The van der Waals surface area contributed by atoms with Crippen molar-refractivity contribution in [2.75, 3.05) is 24.7 Å². The molecule has 1 aliphatic heterocycles. The average Bonchev–Trinajstić information content (AvgIpc) is 3.28. The number of amides is 2. The van der Waals surface area contributed by atoms with E-state index in [9.17, 15) is 13.2 Å². The van der Waals surface area contributed by atoms with Crippen LogP contribution in [-0.4, -0.2) is 44.7 Å². The molecule has 0 spiro atoms. The molecule has 1 aromatic carbocycles. The van der Waals surface area contributed by atoms with Crippen LogP contribution in [0.4, 0.5) is 10.5 Å². The van der Waals surface area contributed by atoms with Gasteiger partial charge in [0.1, 0.15) is 0 Å². The summed E-state index contributed by atoms with van der Waals surface area (Å²) in [6.45, 7) is 0.897. The topological polar surface area (TPSA) is 80.6 Å². The second-order valence-corrected chi connectivity index (χ2v) is 9.46. The summed E-state index contributed by atoms with van der Waals surface area (Å²) in [5.41, 5.74) is 5.81. The fourth-order valence-electron chi connectivity index (χ4n) is 4.69. The molecular formula is C19H26KN3O3S. The third kappa shape index (κ3) is 4.79. The van der Waals surface area contributed by atoms with Crippen molar-refractivity contribution >= 4 is 21.7 Å². The molecule has 1 aromatic rings. The molecule has 1 heterocycles. The molecule has 0 radical (unpaired) electrons. The monoisotopic (exact) mass is 415 g/mol. The third-order valence-electron chi connectivity index (χ3n) is 6.00. The minimum absolute atomic E-state index is 0. The summed E-state index contributed by atoms with van der Waals surface area (Å²) < 4.78 is 28.2. The third-order valence-corrected chi connectivity index (χ3v) is 7.25. The average molecular weight is 416 g/mol. The van der Waals surface area contributed by atoms with Crippen LogP contribution in [0.1, 0.15) is 47.9 Å². The predicted octanol–water partition coefficient (Wildman–Crippen LogP) is -0.00240. The van der Waals surface area contributed by atoms with Crippen LogP contribution < -0.4 is 56.7 Å². The molecule has 1 saturated heterocycles. The normalized spacial score (nSPS) is 21.4. The standard InChI is InChI=1S/C19H27N3O3S.K/c1-22-10-4-7-15(22)12-26(24,25)21-19(23)20-18-16-8-2-5-13(16)11-14-6-3-9-17(14)18;/h11,15H,2-10,12H2,1H3,(H2,20,21,23);/q;+1/p-1. The van der Waals surface area contributed by atoms with E-state index in [-0.39, 0.29) is 63.2 Å². The van der Waals surface area contributed by atoms with E-state index in [1.807, 2.05) is 11.9 Å². The zero-order chi connectivity index (χ0) is 18.3. The maximum atomic E-state index is 12.4. The number of nitrogens with zero attached hydrogens (tertiary/aromatic N) is 2. The van der Waals surface area contributed by atoms with Crippen LogP contribution in [0, 0.1) is 0 Å². The molecule has 1 unspecified atom stereocenters. The van der Waals surface area contributed by atoms with Crippen LogP contribution in [0.25, 0.3) is 4.72 Å². The minimum atomic E-state index is -3.77. The molecule has 142 valence electrons. The number of anilines is 1. The molecule has 1 fully saturated rings. The largest absolute Gasteiger partial charge is 1.00 e. The van der Waals surface area contributed by atoms with Gasteiger partial charge in [-0.05, 0) is 92.9 Å². The van der Waals surface area contributed by atoms with Crippen molar-refractivity contribution in [3.63, 3.8) is 0 Å². The molecule has 3 aliphatic rings. The van der Waals surface area contributed by atoms with Crippen molar-refractivity contribution in [1.29, 1.82) is 0 Å². The number of rotatable bonds is 4. The summed E-state index contributed by atoms with van der Waals surface area (Å²) >= 11 is 0. The molecule has 2 amide bonds. The van der Waals surface area contributed by atoms with Gasteiger partial charge in [0.2, 0.25) is 0 Å². The van der Waals surface area contributed by atoms with Crippen molar-refractivity contribution in [3.05, 3.63) is 33.0 Å². The molecule has 27 heavy (non-hydrogen) atoms. The Kier molecular flexibility index (Phi) is 7.09. The van der Waals surface area contributed by atoms with Crippen molar-refractivity contribution < 1.29 is 64.6 Å². The Balaban J connectivity index is 0.00000210. The van der Waals surface area contributed by atoms with E-state index in [0.29, 0.717) is 0 Å². The first-order valence-corrected chi connectivity index (χ1v) is 11.2. The number of nitrogens with one attached hydrogen (secondary N) is 1. The van der Waals surface area contributed by atoms with Crippen LogP contribution in [0.3, 0.4) is 0 Å². The van der Waals surface area contributed by atoms with Gasteiger partial charge in [-0.2, -0.15) is 0 Å². The molecule has 0 aromatic heterocycles. The molecule has 0 saturated carbocycles. The quantitative estimate of drug-likeness (QED) is 0.702. The van der Waals surface area contributed by atoms with E-state index in [2.05, 4.69) is 16.1 Å². The first-order chi connectivity index (χ1) is 12.4. The van der Waals surface area contributed by atoms with Crippen LogP contribution in [0.2, 0.25) is 0 Å². The Bertz CT molecular complexity index is 809. The van der Waals surface area contributed by atoms with Gasteiger partial charge in [-0.15, -0.1) is 0 Å². The van der Waals surface area contributed by atoms with Crippen LogP contribution in [-0.2, 0) is 35.7 Å². The fourth-order valence-corrected chi connectivity index (χ4v) is 5.97. The second-order valence-electron chi connectivity index (χ2n) is 7.78. The van der Waals surface area contributed by atoms with Gasteiger partial charge in [0.25, 0.3) is 0 Å². The molecular weight excluding hydrogens is 389 g/mol. The van der Waals surface area contributed by atoms with Gasteiger partial charge in [0.05, 0.1) is 5.75 Å². The summed E-state index contributed by atoms with van der Waals surface area (Å²) in [5.74, 6) is -0.0814. The van der Waals surface area contributed by atoms with Crippen LogP contribution >= 0.6 is 0 Å². The molecule has 2 aliphatic carbocycles. The minimum Gasteiger partial charge on any atom is -0.423 e. The number of hydrogen-bond acceptors (Lipinski definition) is 4. The number of benzene rings is 1. The zero-order valence-electron chi connectivity index (χ0n) is 16.3. The smallest absolute Gasteiger partial charge is 0.423 e. The number of carbonyl (C=O) groups is 1. The van der Waals surface area contributed by atoms with Gasteiger partial charge in [0.15, 0.2) is 16.1 Å². The van der Waals surface area contributed by atoms with E-state index in [1.165, 1.54) is 22.3 Å². The molecule has 8 heteroatoms. The molecule has 1 N–H and O–H groups in total. The fraction of sp³-hybridized carbons (Fsp3) is 0.632. The van der Waals surface area contributed by atoms with E-state index in [0.717, 1.165) is 63.6 Å². The summed E-state index contributed by atoms with van der Waals surface area (Å²) in [6, 6.07) is 1.49. The summed E-state index contributed by atoms with van der Waals surface area (Å²) in [4.78, 5) is 14.4. The Morgan fingerprint density at radius 3 is 2.33 bits per heavy atom. The Hall–Kier alpha value is 0.0364. The van der Waals surface area contributed by atoms with E-state index >= 15 is 0 Å². The Morgan fingerprint density at radius 1 is 1.15 bits per heavy atom. The summed E-state index contributed by atoms with van der Waals surface area (Å²) in [7, 11) is -1.85. The van der Waals surface area contributed by atoms with Gasteiger partial charge >= 0.3 is 51.4 Å². The van der Waals surface area contributed by atoms with Gasteiger partial charge in [-0.25, -0.2) is 8.42 Å². The number of likely N-dealkylation sites (tertiary alicyclic amines) is 1. The van der Waals surface area contributed by atoms with Gasteiger partial charge in [-0.1, -0.05) is 6.07 Å². The van der Waals surface area contributed by atoms with Crippen molar-refractivity contribution in [3.8, 4) is 0 Å². The second kappa shape index (κ2) is 8.81. The zero-order valence-corrected chi connectivity index (χ0v) is 20.2. The number of sulfonamides is 1. The van der Waals surface area contributed by atoms with Gasteiger partial charge in [0, 0.05) is 6.04 Å². The molecule has 1 atom stereocenters. The summed E-state index contributed by atoms with van der Waals surface area (Å²) in [6.07, 6.45) is 7.96. The van der Waals surface area contributed by atoms with Crippen molar-refractivity contribution in [2.24, 2.45) is 0 Å². The number of fused-ring (bicyclic) bond motifs is 2. The van der Waals surface area contributed by atoms with Crippen molar-refractivity contribution in [2.45, 2.75) is 57.4 Å². The predicted molar refractivity (Wildman–Crippen MR) is 102 cm³/mol. The maximum absolute atomic E-state index is 12.4. The number of hydrogen-bond donors (Lipinski definition) is 1. The maximum Gasteiger partial charge on any atom is 1.00 e. The first-order valence-electron chi connectivity index (χ1n) is 9.56. The SMILES string of the molecule is CN1CCCC1CS(=O)(=O)[N-]C(=O)Nc1c2c(cc3c1CCC3)CCC2.[K+]. The van der Waals surface area contributed by atoms with Crippen LogP contribution in [0.5, 0.6) is 0 Å². The Morgan fingerprint density at radius 2 is 1.78 bits per heavy atom. The van der Waals surface area contributed by atoms with E-state index < -0.39 is 16.1 Å². The van der Waals surface area contributed by atoms with E-state index in [1.54, 1.807) is 0 Å². The Labute approximate surface area is 204 Å². The number of carbonyl (C=O) groups excluding carboxylic acids is 1. The number of urea groups is 1.